The van der Waals surface area contributed by atoms with E-state index in [2.05, 4.69) is 20.3 Å². The zero-order valence-electron chi connectivity index (χ0n) is 15.9. The SMILES string of the molecule is O=C(Nc1cc(F)cc(F)c1)c1cccc2cc(Oc3ncnc4[nH]ccc34)ccc12. The summed E-state index contributed by atoms with van der Waals surface area (Å²) in [6.07, 6.45) is 3.16. The Labute approximate surface area is 174 Å². The zero-order chi connectivity index (χ0) is 21.4. The predicted molar refractivity (Wildman–Crippen MR) is 112 cm³/mol. The minimum Gasteiger partial charge on any atom is -0.438 e. The summed E-state index contributed by atoms with van der Waals surface area (Å²) in [5.41, 5.74) is 1.07. The molecule has 0 atom stereocenters. The van der Waals surface area contributed by atoms with Crippen LogP contribution in [-0.2, 0) is 0 Å². The maximum atomic E-state index is 13.4. The van der Waals surface area contributed by atoms with Crippen LogP contribution in [-0.4, -0.2) is 20.9 Å². The van der Waals surface area contributed by atoms with Crippen LogP contribution < -0.4 is 10.1 Å². The molecule has 0 aliphatic heterocycles. The van der Waals surface area contributed by atoms with Crippen LogP contribution in [0.1, 0.15) is 10.4 Å². The average Bonchev–Trinajstić information content (AvgIpc) is 3.22. The first-order chi connectivity index (χ1) is 15.1. The van der Waals surface area contributed by atoms with Crippen LogP contribution in [0.15, 0.2) is 73.2 Å². The van der Waals surface area contributed by atoms with Gasteiger partial charge in [-0.1, -0.05) is 12.1 Å². The maximum absolute atomic E-state index is 13.4. The highest BCUT2D eigenvalue weighted by Crippen LogP contribution is 2.30. The van der Waals surface area contributed by atoms with Crippen molar-refractivity contribution in [2.45, 2.75) is 0 Å². The first-order valence-corrected chi connectivity index (χ1v) is 9.33. The van der Waals surface area contributed by atoms with Crippen molar-refractivity contribution in [2.75, 3.05) is 5.32 Å². The molecule has 0 aliphatic rings. The Kier molecular flexibility index (Phi) is 4.51. The predicted octanol–water partition coefficient (Wildman–Crippen LogP) is 5.43. The number of anilines is 1. The number of benzene rings is 3. The van der Waals surface area contributed by atoms with Crippen LogP contribution in [0.3, 0.4) is 0 Å². The van der Waals surface area contributed by atoms with Gasteiger partial charge in [0.05, 0.1) is 5.39 Å². The van der Waals surface area contributed by atoms with E-state index in [1.807, 2.05) is 12.1 Å². The van der Waals surface area contributed by atoms with Crippen LogP contribution in [0.4, 0.5) is 14.5 Å². The lowest BCUT2D eigenvalue weighted by Gasteiger charge is -2.10. The fourth-order valence-electron chi connectivity index (χ4n) is 3.39. The topological polar surface area (TPSA) is 79.9 Å². The number of amides is 1. The van der Waals surface area contributed by atoms with Gasteiger partial charge < -0.3 is 15.0 Å². The number of ether oxygens (including phenoxy) is 1. The molecule has 0 aliphatic carbocycles. The Morgan fingerprint density at radius 3 is 2.61 bits per heavy atom. The van der Waals surface area contributed by atoms with Crippen molar-refractivity contribution in [3.63, 3.8) is 0 Å². The first-order valence-electron chi connectivity index (χ1n) is 9.33. The Morgan fingerprint density at radius 1 is 0.935 bits per heavy atom. The number of hydrogen-bond donors (Lipinski definition) is 2. The number of hydrogen-bond acceptors (Lipinski definition) is 4. The molecule has 0 bridgehead atoms. The molecule has 2 N–H and O–H groups in total. The van der Waals surface area contributed by atoms with Crippen LogP contribution >= 0.6 is 0 Å². The van der Waals surface area contributed by atoms with E-state index in [9.17, 15) is 13.6 Å². The van der Waals surface area contributed by atoms with E-state index in [-0.39, 0.29) is 5.69 Å². The summed E-state index contributed by atoms with van der Waals surface area (Å²) >= 11 is 0. The van der Waals surface area contributed by atoms with Crippen LogP contribution in [0.2, 0.25) is 0 Å². The Bertz CT molecular complexity index is 1430. The van der Waals surface area contributed by atoms with E-state index in [1.165, 1.54) is 6.33 Å². The Balaban J connectivity index is 1.46. The standard InChI is InChI=1S/C23H14F2N4O2/c24-14-9-15(25)11-16(10-14)29-22(30)19-3-1-2-13-8-17(4-5-18(13)19)31-23-20-6-7-26-21(20)27-12-28-23/h1-12H,(H,29,30)(H,26,27,28). The molecule has 0 unspecified atom stereocenters. The normalized spacial score (nSPS) is 11.0. The zero-order valence-corrected chi connectivity index (χ0v) is 15.9. The van der Waals surface area contributed by atoms with Gasteiger partial charge in [-0.05, 0) is 53.2 Å². The third kappa shape index (κ3) is 3.66. The largest absolute Gasteiger partial charge is 0.438 e. The summed E-state index contributed by atoms with van der Waals surface area (Å²) in [5, 5.41) is 4.71. The van der Waals surface area contributed by atoms with Crippen molar-refractivity contribution in [1.82, 2.24) is 15.0 Å². The summed E-state index contributed by atoms with van der Waals surface area (Å²) in [6.45, 7) is 0. The van der Waals surface area contributed by atoms with Gasteiger partial charge in [0.15, 0.2) is 0 Å². The van der Waals surface area contributed by atoms with E-state index in [1.54, 1.807) is 36.5 Å². The second-order valence-corrected chi connectivity index (χ2v) is 6.82. The number of nitrogens with zero attached hydrogens (tertiary/aromatic N) is 2. The summed E-state index contributed by atoms with van der Waals surface area (Å²) in [5.74, 6) is -1.06. The van der Waals surface area contributed by atoms with E-state index in [4.69, 9.17) is 4.74 Å². The van der Waals surface area contributed by atoms with Gasteiger partial charge in [0.1, 0.15) is 29.4 Å². The minimum absolute atomic E-state index is 0.0405. The highest BCUT2D eigenvalue weighted by molar-refractivity contribution is 6.13. The average molecular weight is 416 g/mol. The fourth-order valence-corrected chi connectivity index (χ4v) is 3.39. The van der Waals surface area contributed by atoms with Crippen molar-refractivity contribution >= 4 is 33.4 Å². The van der Waals surface area contributed by atoms with Gasteiger partial charge in [-0.15, -0.1) is 0 Å². The molecule has 152 valence electrons. The summed E-state index contributed by atoms with van der Waals surface area (Å²) in [7, 11) is 0. The van der Waals surface area contributed by atoms with Crippen molar-refractivity contribution in [3.8, 4) is 11.6 Å². The van der Waals surface area contributed by atoms with Crippen molar-refractivity contribution in [1.29, 1.82) is 0 Å². The molecule has 6 nitrogen and oxygen atoms in total. The van der Waals surface area contributed by atoms with Gasteiger partial charge in [-0.2, -0.15) is 0 Å². The summed E-state index contributed by atoms with van der Waals surface area (Å²) in [4.78, 5) is 24.0. The minimum atomic E-state index is -0.767. The second kappa shape index (κ2) is 7.49. The number of carbonyl (C=O) groups excluding carboxylic acids is 1. The van der Waals surface area contributed by atoms with Crippen LogP contribution in [0.25, 0.3) is 21.8 Å². The molecule has 31 heavy (non-hydrogen) atoms. The molecule has 0 saturated carbocycles. The number of halogens is 2. The molecule has 5 aromatic rings. The molecule has 0 fully saturated rings. The lowest BCUT2D eigenvalue weighted by molar-refractivity contribution is 0.102. The van der Waals surface area contributed by atoms with Crippen molar-refractivity contribution in [2.24, 2.45) is 0 Å². The van der Waals surface area contributed by atoms with Crippen molar-refractivity contribution < 1.29 is 18.3 Å². The van der Waals surface area contributed by atoms with Crippen LogP contribution in [0, 0.1) is 11.6 Å². The monoisotopic (exact) mass is 416 g/mol. The van der Waals surface area contributed by atoms with Crippen molar-refractivity contribution in [3.05, 3.63) is 90.4 Å². The molecule has 2 aromatic heterocycles. The van der Waals surface area contributed by atoms with E-state index in [0.29, 0.717) is 28.2 Å². The van der Waals surface area contributed by atoms with E-state index in [0.717, 1.165) is 29.0 Å². The smallest absolute Gasteiger partial charge is 0.256 e. The second-order valence-electron chi connectivity index (χ2n) is 6.82. The summed E-state index contributed by atoms with van der Waals surface area (Å²) < 4.78 is 32.8. The molecule has 0 saturated heterocycles. The Morgan fingerprint density at radius 2 is 1.77 bits per heavy atom. The van der Waals surface area contributed by atoms with E-state index >= 15 is 0 Å². The van der Waals surface area contributed by atoms with E-state index < -0.39 is 17.5 Å². The molecular weight excluding hydrogens is 402 g/mol. The molecule has 1 amide bonds. The fraction of sp³-hybridized carbons (Fsp3) is 0. The highest BCUT2D eigenvalue weighted by Gasteiger charge is 2.13. The molecule has 0 radical (unpaired) electrons. The number of carbonyl (C=O) groups is 1. The molecule has 3 aromatic carbocycles. The number of aromatic amines is 1. The number of aromatic nitrogens is 3. The third-order valence-electron chi connectivity index (χ3n) is 4.75. The van der Waals surface area contributed by atoms with Gasteiger partial charge >= 0.3 is 0 Å². The molecular formula is C23H14F2N4O2. The third-order valence-corrected chi connectivity index (χ3v) is 4.75. The molecule has 2 heterocycles. The highest BCUT2D eigenvalue weighted by atomic mass is 19.1. The lowest BCUT2D eigenvalue weighted by Crippen LogP contribution is -2.12. The van der Waals surface area contributed by atoms with Gasteiger partial charge in [-0.25, -0.2) is 18.7 Å². The van der Waals surface area contributed by atoms with Crippen LogP contribution in [0.5, 0.6) is 11.6 Å². The van der Waals surface area contributed by atoms with Gasteiger partial charge in [-0.3, -0.25) is 4.79 Å². The maximum Gasteiger partial charge on any atom is 0.256 e. The quantitative estimate of drug-likeness (QED) is 0.409. The number of rotatable bonds is 4. The molecule has 8 heteroatoms. The van der Waals surface area contributed by atoms with Gasteiger partial charge in [0.25, 0.3) is 5.91 Å². The first kappa shape index (κ1) is 18.7. The van der Waals surface area contributed by atoms with Gasteiger partial charge in [0, 0.05) is 23.5 Å². The number of nitrogens with one attached hydrogen (secondary N) is 2. The lowest BCUT2D eigenvalue weighted by atomic mass is 10.0. The number of H-pyrrole nitrogens is 1. The van der Waals surface area contributed by atoms with Gasteiger partial charge in [0.2, 0.25) is 5.88 Å². The number of fused-ring (bicyclic) bond motifs is 2. The summed E-state index contributed by atoms with van der Waals surface area (Å²) in [6, 6.07) is 15.1. The molecule has 0 spiro atoms. The molecule has 5 rings (SSSR count). The Hall–Kier alpha value is -4.33.